The molecule has 3 aliphatic carbocycles. The van der Waals surface area contributed by atoms with E-state index in [9.17, 15) is 0 Å². The summed E-state index contributed by atoms with van der Waals surface area (Å²) in [6.45, 7) is 16.0. The van der Waals surface area contributed by atoms with Crippen molar-refractivity contribution in [3.05, 3.63) is 34.9 Å². The van der Waals surface area contributed by atoms with E-state index in [2.05, 4.69) is 64.6 Å². The summed E-state index contributed by atoms with van der Waals surface area (Å²) in [5, 5.41) is 0. The van der Waals surface area contributed by atoms with Gasteiger partial charge in [0.1, 0.15) is 0 Å². The predicted octanol–water partition coefficient (Wildman–Crippen LogP) is 6.09. The Morgan fingerprint density at radius 3 is 2.22 bits per heavy atom. The van der Waals surface area contributed by atoms with Gasteiger partial charge in [-0.25, -0.2) is 0 Å². The van der Waals surface area contributed by atoms with E-state index in [0.717, 1.165) is 59.4 Å². The van der Waals surface area contributed by atoms with Gasteiger partial charge < -0.3 is 0 Å². The second-order valence-electron chi connectivity index (χ2n) is 11.0. The molecular formula is C26H39N. The largest absolute Gasteiger partial charge is 0.297 e. The topological polar surface area (TPSA) is 3.24 Å². The van der Waals surface area contributed by atoms with Crippen molar-refractivity contribution in [3.8, 4) is 0 Å². The molecule has 1 nitrogen and oxygen atoms in total. The van der Waals surface area contributed by atoms with Crippen molar-refractivity contribution in [1.29, 1.82) is 0 Å². The maximum absolute atomic E-state index is 2.79. The van der Waals surface area contributed by atoms with Gasteiger partial charge in [-0.05, 0) is 97.1 Å². The second kappa shape index (κ2) is 6.34. The lowest BCUT2D eigenvalue weighted by Crippen LogP contribution is -2.52. The number of hydrogen-bond acceptors (Lipinski definition) is 1. The first kappa shape index (κ1) is 18.2. The molecule has 0 aromatic heterocycles. The van der Waals surface area contributed by atoms with Crippen LogP contribution < -0.4 is 0 Å². The van der Waals surface area contributed by atoms with Gasteiger partial charge in [0.2, 0.25) is 0 Å². The summed E-state index contributed by atoms with van der Waals surface area (Å²) in [6, 6.07) is 9.01. The van der Waals surface area contributed by atoms with Crippen LogP contribution in [0, 0.1) is 35.5 Å². The van der Waals surface area contributed by atoms with Crippen LogP contribution in [0.5, 0.6) is 0 Å². The van der Waals surface area contributed by atoms with Crippen LogP contribution in [0.2, 0.25) is 0 Å². The molecule has 27 heavy (non-hydrogen) atoms. The lowest BCUT2D eigenvalue weighted by Gasteiger charge is -2.59. The molecular weight excluding hydrogens is 326 g/mol. The highest BCUT2D eigenvalue weighted by Gasteiger charge is 2.63. The van der Waals surface area contributed by atoms with E-state index in [4.69, 9.17) is 0 Å². The number of rotatable bonds is 3. The Bertz CT molecular complexity index is 709. The average molecular weight is 366 g/mol. The number of fused-ring (bicyclic) bond motifs is 7. The fourth-order valence-corrected chi connectivity index (χ4v) is 7.68. The van der Waals surface area contributed by atoms with Crippen molar-refractivity contribution in [2.45, 2.75) is 84.7 Å². The summed E-state index contributed by atoms with van der Waals surface area (Å²) in [5.41, 5.74) is 5.04. The van der Waals surface area contributed by atoms with E-state index in [1.165, 1.54) is 25.8 Å². The number of nitrogens with zero attached hydrogens (tertiary/aromatic N) is 1. The summed E-state index contributed by atoms with van der Waals surface area (Å²) in [5.74, 6) is 7.37. The third kappa shape index (κ3) is 2.53. The van der Waals surface area contributed by atoms with E-state index < -0.39 is 0 Å². The van der Waals surface area contributed by atoms with Crippen LogP contribution in [-0.2, 0) is 6.42 Å². The molecule has 1 heteroatoms. The fraction of sp³-hybridized carbons (Fsp3) is 0.769. The Morgan fingerprint density at radius 1 is 0.815 bits per heavy atom. The second-order valence-corrected chi connectivity index (χ2v) is 11.0. The summed E-state index contributed by atoms with van der Waals surface area (Å²) in [6.07, 6.45) is 4.09. The van der Waals surface area contributed by atoms with Gasteiger partial charge in [0.15, 0.2) is 0 Å². The van der Waals surface area contributed by atoms with Crippen LogP contribution in [0.1, 0.15) is 82.9 Å². The summed E-state index contributed by atoms with van der Waals surface area (Å²) in [7, 11) is 0. The first-order chi connectivity index (χ1) is 12.9. The van der Waals surface area contributed by atoms with Crippen LogP contribution in [0.4, 0.5) is 0 Å². The molecule has 0 spiro atoms. The fourth-order valence-electron chi connectivity index (χ4n) is 7.68. The van der Waals surface area contributed by atoms with Crippen molar-refractivity contribution in [2.24, 2.45) is 35.5 Å². The minimum Gasteiger partial charge on any atom is -0.297 e. The van der Waals surface area contributed by atoms with Crippen molar-refractivity contribution < 1.29 is 0 Å². The van der Waals surface area contributed by atoms with Gasteiger partial charge >= 0.3 is 0 Å². The molecule has 0 unspecified atom stereocenters. The molecule has 1 heterocycles. The number of piperidine rings is 1. The van der Waals surface area contributed by atoms with Crippen LogP contribution in [0.3, 0.4) is 0 Å². The highest BCUT2D eigenvalue weighted by Crippen LogP contribution is 2.73. The maximum atomic E-state index is 2.79. The smallest absolute Gasteiger partial charge is 0.00957 e. The zero-order valence-corrected chi connectivity index (χ0v) is 18.3. The lowest BCUT2D eigenvalue weighted by atomic mass is 9.44. The Morgan fingerprint density at radius 2 is 1.52 bits per heavy atom. The first-order valence-corrected chi connectivity index (χ1v) is 11.8. The molecule has 0 radical (unpaired) electrons. The van der Waals surface area contributed by atoms with Crippen LogP contribution in [0.15, 0.2) is 18.2 Å². The summed E-state index contributed by atoms with van der Waals surface area (Å²) in [4.78, 5) is 2.79. The molecule has 1 aliphatic heterocycles. The molecule has 10 atom stereocenters. The SMILES string of the molecule is C[C@H]1[C@@H]2[C@H](C[C@H]1C)[C@@H]1c3ccc(CCN4[C@H](C)[C@H](C)C[C@H](C)[C@@H]4C)cc3[C@@H]12. The lowest BCUT2D eigenvalue weighted by molar-refractivity contribution is 0.0288. The van der Waals surface area contributed by atoms with Crippen molar-refractivity contribution in [3.63, 3.8) is 0 Å². The molecule has 1 aromatic rings. The maximum Gasteiger partial charge on any atom is 0.00957 e. The van der Waals surface area contributed by atoms with Crippen molar-refractivity contribution >= 4 is 0 Å². The molecule has 3 fully saturated rings. The van der Waals surface area contributed by atoms with E-state index in [1.807, 2.05) is 0 Å². The molecule has 1 saturated heterocycles. The molecule has 4 aliphatic rings. The van der Waals surface area contributed by atoms with Gasteiger partial charge in [0.05, 0.1) is 0 Å². The first-order valence-electron chi connectivity index (χ1n) is 11.8. The molecule has 0 N–H and O–H groups in total. The molecule has 2 saturated carbocycles. The Hall–Kier alpha value is -0.820. The minimum absolute atomic E-state index is 0.723. The number of benzene rings is 1. The number of likely N-dealkylation sites (tertiary alicyclic amines) is 1. The number of hydrogen-bond donors (Lipinski definition) is 0. The molecule has 0 bridgehead atoms. The van der Waals surface area contributed by atoms with Crippen molar-refractivity contribution in [2.75, 3.05) is 6.54 Å². The minimum atomic E-state index is 0.723. The zero-order chi connectivity index (χ0) is 19.0. The zero-order valence-electron chi connectivity index (χ0n) is 18.3. The monoisotopic (exact) mass is 365 g/mol. The van der Waals surface area contributed by atoms with E-state index in [1.54, 1.807) is 16.7 Å². The highest BCUT2D eigenvalue weighted by atomic mass is 15.2. The molecule has 0 amide bonds. The van der Waals surface area contributed by atoms with E-state index in [-0.39, 0.29) is 0 Å². The third-order valence-corrected chi connectivity index (χ3v) is 9.87. The summed E-state index contributed by atoms with van der Waals surface area (Å²) < 4.78 is 0. The average Bonchev–Trinajstić information content (AvgIpc) is 2.84. The van der Waals surface area contributed by atoms with Crippen LogP contribution in [0.25, 0.3) is 0 Å². The third-order valence-electron chi connectivity index (χ3n) is 9.87. The molecule has 5 rings (SSSR count). The highest BCUT2D eigenvalue weighted by molar-refractivity contribution is 5.53. The van der Waals surface area contributed by atoms with E-state index in [0.29, 0.717) is 0 Å². The van der Waals surface area contributed by atoms with Crippen LogP contribution in [-0.4, -0.2) is 23.5 Å². The Labute approximate surface area is 166 Å². The van der Waals surface area contributed by atoms with Crippen LogP contribution >= 0.6 is 0 Å². The Balaban J connectivity index is 1.29. The quantitative estimate of drug-likeness (QED) is 0.627. The van der Waals surface area contributed by atoms with Crippen molar-refractivity contribution in [1.82, 2.24) is 4.90 Å². The van der Waals surface area contributed by atoms with Gasteiger partial charge in [-0.2, -0.15) is 0 Å². The Kier molecular flexibility index (Phi) is 4.28. The predicted molar refractivity (Wildman–Crippen MR) is 114 cm³/mol. The van der Waals surface area contributed by atoms with Gasteiger partial charge in [0.25, 0.3) is 0 Å². The standard InChI is InChI=1S/C26H39N/c1-14-12-23-24(17(14)4)26-22-13-20(7-8-21(22)25(23)26)9-10-27-18(5)15(2)11-16(3)19(27)6/h7-8,13-19,23-26H,9-12H2,1-6H3/t14-,15-,16+,17-,18-,19+,23+,24-,25+,26-/m1/s1. The normalized spacial score (nSPS) is 48.2. The van der Waals surface area contributed by atoms with Gasteiger partial charge in [-0.3, -0.25) is 4.90 Å². The van der Waals surface area contributed by atoms with Gasteiger partial charge in [-0.15, -0.1) is 0 Å². The molecule has 148 valence electrons. The molecule has 1 aromatic carbocycles. The van der Waals surface area contributed by atoms with Gasteiger partial charge in [0, 0.05) is 18.6 Å². The van der Waals surface area contributed by atoms with E-state index >= 15 is 0 Å². The van der Waals surface area contributed by atoms with Gasteiger partial charge in [-0.1, -0.05) is 45.9 Å². The summed E-state index contributed by atoms with van der Waals surface area (Å²) >= 11 is 0.